The second kappa shape index (κ2) is 10.8. The lowest BCUT2D eigenvalue weighted by Gasteiger charge is -2.40. The van der Waals surface area contributed by atoms with E-state index in [9.17, 15) is 4.79 Å². The summed E-state index contributed by atoms with van der Waals surface area (Å²) in [4.78, 5) is 24.6. The van der Waals surface area contributed by atoms with Crippen molar-refractivity contribution >= 4 is 11.7 Å². The Morgan fingerprint density at radius 1 is 0.949 bits per heavy atom. The highest BCUT2D eigenvalue weighted by Crippen LogP contribution is 2.45. The topological polar surface area (TPSA) is 83.0 Å². The van der Waals surface area contributed by atoms with Gasteiger partial charge in [0, 0.05) is 67.8 Å². The van der Waals surface area contributed by atoms with Crippen LogP contribution in [0.2, 0.25) is 0 Å². The maximum Gasteiger partial charge on any atom is 0.342 e. The maximum atomic E-state index is 13.0. The second-order valence-corrected chi connectivity index (χ2v) is 11.4. The minimum Gasteiger partial charge on any atom is -0.490 e. The lowest BCUT2D eigenvalue weighted by atomic mass is 9.82. The molecule has 4 heterocycles. The number of para-hydroxylation sites is 1. The number of carbonyl (C=O) groups excluding carboxylic acids is 1. The first-order valence-electron chi connectivity index (χ1n) is 13.5. The summed E-state index contributed by atoms with van der Waals surface area (Å²) in [6, 6.07) is 13.5. The first-order valence-corrected chi connectivity index (χ1v) is 13.5. The third-order valence-electron chi connectivity index (χ3n) is 7.34. The standard InChI is InChI=1S/C31H37N3O5/c1-21-26(28-29(35)39-31(4,5)38-28)27(34-15-13-30(2,3)14-16-34)24(20-32-21)22-11-12-25(33-19-22)37-18-17-36-23-9-7-6-8-10-23/h6-12,19-20,28H,13-18H2,1-5H3/t28-/m0/s1. The fourth-order valence-corrected chi connectivity index (χ4v) is 5.09. The molecule has 2 aliphatic heterocycles. The van der Waals surface area contributed by atoms with Crippen molar-refractivity contribution in [2.75, 3.05) is 31.2 Å². The smallest absolute Gasteiger partial charge is 0.342 e. The second-order valence-electron chi connectivity index (χ2n) is 11.4. The molecule has 8 nitrogen and oxygen atoms in total. The molecule has 0 aliphatic carbocycles. The summed E-state index contributed by atoms with van der Waals surface area (Å²) in [7, 11) is 0. The van der Waals surface area contributed by atoms with Crippen LogP contribution < -0.4 is 14.4 Å². The summed E-state index contributed by atoms with van der Waals surface area (Å²) in [5, 5.41) is 0. The molecule has 0 unspecified atom stereocenters. The van der Waals surface area contributed by atoms with Crippen LogP contribution in [0.4, 0.5) is 5.69 Å². The zero-order chi connectivity index (χ0) is 27.6. The van der Waals surface area contributed by atoms with Crippen LogP contribution in [-0.2, 0) is 14.3 Å². The van der Waals surface area contributed by atoms with Crippen molar-refractivity contribution in [1.82, 2.24) is 9.97 Å². The SMILES string of the molecule is Cc1ncc(-c2ccc(OCCOc3ccccc3)nc2)c(N2CCC(C)(C)CC2)c1[C@@H]1OC(C)(C)OC1=O. The lowest BCUT2D eigenvalue weighted by Crippen LogP contribution is -2.38. The molecule has 2 aromatic heterocycles. The molecule has 8 heteroatoms. The predicted molar refractivity (Wildman–Crippen MR) is 149 cm³/mol. The molecule has 0 radical (unpaired) electrons. The van der Waals surface area contributed by atoms with Crippen molar-refractivity contribution in [1.29, 1.82) is 0 Å². The van der Waals surface area contributed by atoms with E-state index in [1.54, 1.807) is 20.0 Å². The van der Waals surface area contributed by atoms with Crippen LogP contribution in [0.1, 0.15) is 57.9 Å². The normalized spacial score (nSPS) is 20.0. The van der Waals surface area contributed by atoms with Gasteiger partial charge in [-0.15, -0.1) is 0 Å². The number of anilines is 1. The van der Waals surface area contributed by atoms with Crippen molar-refractivity contribution in [2.45, 2.75) is 59.4 Å². The Morgan fingerprint density at radius 2 is 1.67 bits per heavy atom. The van der Waals surface area contributed by atoms with Crippen molar-refractivity contribution in [3.05, 3.63) is 66.1 Å². The van der Waals surface area contributed by atoms with Crippen molar-refractivity contribution in [3.63, 3.8) is 0 Å². The summed E-state index contributed by atoms with van der Waals surface area (Å²) in [5.41, 5.74) is 4.55. The van der Waals surface area contributed by atoms with Gasteiger partial charge >= 0.3 is 5.97 Å². The van der Waals surface area contributed by atoms with E-state index in [-0.39, 0.29) is 11.4 Å². The number of pyridine rings is 2. The van der Waals surface area contributed by atoms with Crippen LogP contribution in [0.3, 0.4) is 0 Å². The third kappa shape index (κ3) is 6.17. The molecule has 0 spiro atoms. The van der Waals surface area contributed by atoms with Crippen LogP contribution in [0.25, 0.3) is 11.1 Å². The lowest BCUT2D eigenvalue weighted by molar-refractivity contribution is -0.160. The first kappa shape index (κ1) is 26.9. The van der Waals surface area contributed by atoms with Gasteiger partial charge in [0.1, 0.15) is 19.0 Å². The van der Waals surface area contributed by atoms with E-state index in [0.717, 1.165) is 59.8 Å². The molecular weight excluding hydrogens is 494 g/mol. The number of aryl methyl sites for hydroxylation is 1. The molecule has 1 atom stereocenters. The van der Waals surface area contributed by atoms with Gasteiger partial charge in [-0.1, -0.05) is 32.0 Å². The molecule has 39 heavy (non-hydrogen) atoms. The molecular formula is C31H37N3O5. The summed E-state index contributed by atoms with van der Waals surface area (Å²) in [6.07, 6.45) is 4.91. The van der Waals surface area contributed by atoms with Gasteiger partial charge < -0.3 is 23.8 Å². The number of benzene rings is 1. The maximum absolute atomic E-state index is 13.0. The minimum atomic E-state index is -0.990. The summed E-state index contributed by atoms with van der Waals surface area (Å²) < 4.78 is 23.2. The van der Waals surface area contributed by atoms with E-state index < -0.39 is 11.9 Å². The number of esters is 1. The molecule has 5 rings (SSSR count). The number of aromatic nitrogens is 2. The number of hydrogen-bond acceptors (Lipinski definition) is 8. The highest BCUT2D eigenvalue weighted by Gasteiger charge is 2.45. The monoisotopic (exact) mass is 531 g/mol. The molecule has 0 N–H and O–H groups in total. The molecule has 3 aromatic rings. The quantitative estimate of drug-likeness (QED) is 0.263. The summed E-state index contributed by atoms with van der Waals surface area (Å²) in [6.45, 7) is 12.6. The van der Waals surface area contributed by atoms with Crippen LogP contribution in [0.15, 0.2) is 54.9 Å². The molecule has 0 amide bonds. The van der Waals surface area contributed by atoms with Crippen molar-refractivity contribution in [2.24, 2.45) is 5.41 Å². The highest BCUT2D eigenvalue weighted by atomic mass is 16.8. The van der Waals surface area contributed by atoms with Crippen LogP contribution in [0.5, 0.6) is 11.6 Å². The average molecular weight is 532 g/mol. The fourth-order valence-electron chi connectivity index (χ4n) is 5.09. The van der Waals surface area contributed by atoms with E-state index in [1.807, 2.05) is 55.6 Å². The van der Waals surface area contributed by atoms with E-state index in [1.165, 1.54) is 0 Å². The Balaban J connectivity index is 1.41. The van der Waals surface area contributed by atoms with Crippen LogP contribution >= 0.6 is 0 Å². The van der Waals surface area contributed by atoms with Gasteiger partial charge in [0.15, 0.2) is 6.10 Å². The van der Waals surface area contributed by atoms with E-state index >= 15 is 0 Å². The Morgan fingerprint density at radius 3 is 2.31 bits per heavy atom. The fraction of sp³-hybridized carbons (Fsp3) is 0.452. The molecule has 0 bridgehead atoms. The van der Waals surface area contributed by atoms with Gasteiger partial charge in [0.2, 0.25) is 11.7 Å². The van der Waals surface area contributed by atoms with Crippen molar-refractivity contribution in [3.8, 4) is 22.8 Å². The molecule has 206 valence electrons. The summed E-state index contributed by atoms with van der Waals surface area (Å²) >= 11 is 0. The Hall–Kier alpha value is -3.65. The minimum absolute atomic E-state index is 0.272. The molecule has 2 aliphatic rings. The third-order valence-corrected chi connectivity index (χ3v) is 7.34. The number of rotatable bonds is 8. The zero-order valence-corrected chi connectivity index (χ0v) is 23.4. The number of carbonyl (C=O) groups is 1. The largest absolute Gasteiger partial charge is 0.490 e. The van der Waals surface area contributed by atoms with E-state index in [4.69, 9.17) is 18.9 Å². The van der Waals surface area contributed by atoms with Gasteiger partial charge in [0.05, 0.1) is 5.69 Å². The number of hydrogen-bond donors (Lipinski definition) is 0. The van der Waals surface area contributed by atoms with Gasteiger partial charge in [0.25, 0.3) is 0 Å². The van der Waals surface area contributed by atoms with Crippen molar-refractivity contribution < 1.29 is 23.7 Å². The predicted octanol–water partition coefficient (Wildman–Crippen LogP) is 5.89. The van der Waals surface area contributed by atoms with Crippen LogP contribution in [0, 0.1) is 12.3 Å². The van der Waals surface area contributed by atoms with E-state index in [0.29, 0.717) is 19.1 Å². The van der Waals surface area contributed by atoms with Gasteiger partial charge in [-0.25, -0.2) is 9.78 Å². The van der Waals surface area contributed by atoms with Crippen LogP contribution in [-0.4, -0.2) is 48.0 Å². The molecule has 0 saturated carbocycles. The number of piperidine rings is 1. The average Bonchev–Trinajstić information content (AvgIpc) is 3.19. The number of ether oxygens (including phenoxy) is 4. The van der Waals surface area contributed by atoms with Gasteiger partial charge in [-0.2, -0.15) is 0 Å². The number of nitrogens with zero attached hydrogens (tertiary/aromatic N) is 3. The first-order chi connectivity index (χ1) is 18.6. The number of cyclic esters (lactones) is 1. The molecule has 2 saturated heterocycles. The summed E-state index contributed by atoms with van der Waals surface area (Å²) in [5.74, 6) is -0.0586. The molecule has 1 aromatic carbocycles. The van der Waals surface area contributed by atoms with E-state index in [2.05, 4.69) is 28.7 Å². The Kier molecular flexibility index (Phi) is 7.49. The van der Waals surface area contributed by atoms with Gasteiger partial charge in [-0.3, -0.25) is 4.98 Å². The molecule has 2 fully saturated rings. The zero-order valence-electron chi connectivity index (χ0n) is 23.4. The van der Waals surface area contributed by atoms with Gasteiger partial charge in [-0.05, 0) is 43.4 Å². The highest BCUT2D eigenvalue weighted by molar-refractivity contribution is 5.87. The Bertz CT molecular complexity index is 1300. The Labute approximate surface area is 230 Å².